The fourth-order valence-corrected chi connectivity index (χ4v) is 4.37. The van der Waals surface area contributed by atoms with Crippen molar-refractivity contribution in [2.24, 2.45) is 0 Å². The minimum Gasteiger partial charge on any atom is -0.346 e. The van der Waals surface area contributed by atoms with Crippen molar-refractivity contribution in [3.8, 4) is 0 Å². The fourth-order valence-electron chi connectivity index (χ4n) is 4.37. The maximum Gasteiger partial charge on any atom is 0.243 e. The van der Waals surface area contributed by atoms with E-state index in [1.807, 2.05) is 32.9 Å². The molecule has 0 radical (unpaired) electrons. The Balaban J connectivity index is 1.37. The minimum absolute atomic E-state index is 0.0159. The third-order valence-electron chi connectivity index (χ3n) is 6.27. The smallest absolute Gasteiger partial charge is 0.243 e. The maximum absolute atomic E-state index is 12.4. The average molecular weight is 451 g/mol. The van der Waals surface area contributed by atoms with Crippen LogP contribution in [0.15, 0.2) is 36.4 Å². The van der Waals surface area contributed by atoms with Crippen molar-refractivity contribution in [2.45, 2.75) is 47.1 Å². The molecule has 6 nitrogen and oxygen atoms in total. The Hall–Kier alpha value is -2.70. The number of aryl methyl sites for hydroxylation is 3. The van der Waals surface area contributed by atoms with Crippen LogP contribution < -0.4 is 10.6 Å². The van der Waals surface area contributed by atoms with Gasteiger partial charge >= 0.3 is 0 Å². The lowest BCUT2D eigenvalue weighted by molar-refractivity contribution is -0.125. The third-order valence-corrected chi connectivity index (χ3v) is 6.27. The highest BCUT2D eigenvalue weighted by molar-refractivity contribution is 5.96. The van der Waals surface area contributed by atoms with Gasteiger partial charge in [0, 0.05) is 38.4 Å². The van der Waals surface area contributed by atoms with Gasteiger partial charge in [-0.15, -0.1) is 0 Å². The summed E-state index contributed by atoms with van der Waals surface area (Å²) in [6.07, 6.45) is 0. The van der Waals surface area contributed by atoms with Crippen molar-refractivity contribution in [1.82, 2.24) is 15.1 Å². The van der Waals surface area contributed by atoms with Crippen LogP contribution in [0.3, 0.4) is 0 Å². The summed E-state index contributed by atoms with van der Waals surface area (Å²) in [7, 11) is 0. The van der Waals surface area contributed by atoms with E-state index >= 15 is 0 Å². The second kappa shape index (κ2) is 11.4. The Labute approximate surface area is 198 Å². The molecule has 2 aromatic rings. The number of hydrogen-bond donors (Lipinski definition) is 2. The monoisotopic (exact) mass is 450 g/mol. The summed E-state index contributed by atoms with van der Waals surface area (Å²) in [5.41, 5.74) is 6.75. The standard InChI is InChI=1S/C27H38N4O2/c1-19(2)24-8-6-23(7-9-24)17-30-10-12-31(13-11-30)18-26(33)28-16-25(32)29-27-21(4)14-20(3)15-22(27)5/h6-9,14-15,19H,10-13,16-18H2,1-5H3,(H,28,33)(H,29,32). The highest BCUT2D eigenvalue weighted by Gasteiger charge is 2.19. The Bertz CT molecular complexity index is 938. The summed E-state index contributed by atoms with van der Waals surface area (Å²) in [5, 5.41) is 5.69. The second-order valence-corrected chi connectivity index (χ2v) is 9.55. The predicted octanol–water partition coefficient (Wildman–Crippen LogP) is 3.61. The molecule has 2 N–H and O–H groups in total. The molecular formula is C27H38N4O2. The van der Waals surface area contributed by atoms with Crippen molar-refractivity contribution in [1.29, 1.82) is 0 Å². The highest BCUT2D eigenvalue weighted by atomic mass is 16.2. The number of carbonyl (C=O) groups excluding carboxylic acids is 2. The number of piperazine rings is 1. The number of anilines is 1. The van der Waals surface area contributed by atoms with E-state index in [0.29, 0.717) is 12.5 Å². The van der Waals surface area contributed by atoms with E-state index in [1.165, 1.54) is 16.7 Å². The quantitative estimate of drug-likeness (QED) is 0.645. The van der Waals surface area contributed by atoms with Crippen LogP contribution in [0.2, 0.25) is 0 Å². The number of benzene rings is 2. The van der Waals surface area contributed by atoms with Crippen LogP contribution in [0.5, 0.6) is 0 Å². The lowest BCUT2D eigenvalue weighted by atomic mass is 10.0. The summed E-state index contributed by atoms with van der Waals surface area (Å²) < 4.78 is 0. The molecular weight excluding hydrogens is 412 g/mol. The molecule has 2 amide bonds. The van der Waals surface area contributed by atoms with Crippen molar-refractivity contribution in [2.75, 3.05) is 44.6 Å². The molecule has 0 bridgehead atoms. The normalized spacial score (nSPS) is 15.0. The zero-order valence-corrected chi connectivity index (χ0v) is 20.7. The van der Waals surface area contributed by atoms with Crippen molar-refractivity contribution in [3.05, 3.63) is 64.2 Å². The van der Waals surface area contributed by atoms with Gasteiger partial charge in [0.15, 0.2) is 0 Å². The van der Waals surface area contributed by atoms with E-state index in [9.17, 15) is 9.59 Å². The molecule has 0 aromatic heterocycles. The Morgan fingerprint density at radius 2 is 1.45 bits per heavy atom. The van der Waals surface area contributed by atoms with Crippen LogP contribution in [0.4, 0.5) is 5.69 Å². The summed E-state index contributed by atoms with van der Waals surface area (Å²) in [6, 6.07) is 13.0. The first-order chi connectivity index (χ1) is 15.7. The summed E-state index contributed by atoms with van der Waals surface area (Å²) in [4.78, 5) is 29.3. The van der Waals surface area contributed by atoms with Crippen molar-refractivity contribution < 1.29 is 9.59 Å². The number of nitrogens with zero attached hydrogens (tertiary/aromatic N) is 2. The van der Waals surface area contributed by atoms with Crippen LogP contribution >= 0.6 is 0 Å². The molecule has 6 heteroatoms. The first-order valence-electron chi connectivity index (χ1n) is 11.9. The van der Waals surface area contributed by atoms with Crippen LogP contribution in [0.25, 0.3) is 0 Å². The van der Waals surface area contributed by atoms with Crippen LogP contribution in [0.1, 0.15) is 47.6 Å². The first-order valence-corrected chi connectivity index (χ1v) is 11.9. The van der Waals surface area contributed by atoms with E-state index in [1.54, 1.807) is 0 Å². The molecule has 2 aromatic carbocycles. The number of rotatable bonds is 8. The Morgan fingerprint density at radius 3 is 2.03 bits per heavy atom. The zero-order chi connectivity index (χ0) is 24.0. The van der Waals surface area contributed by atoms with Crippen molar-refractivity contribution >= 4 is 17.5 Å². The van der Waals surface area contributed by atoms with E-state index < -0.39 is 0 Å². The first kappa shape index (κ1) is 24.9. The largest absolute Gasteiger partial charge is 0.346 e. The molecule has 178 valence electrons. The summed E-state index contributed by atoms with van der Waals surface area (Å²) in [5.74, 6) is 0.239. The molecule has 0 atom stereocenters. The van der Waals surface area contributed by atoms with Gasteiger partial charge in [0.2, 0.25) is 11.8 Å². The number of hydrogen-bond acceptors (Lipinski definition) is 4. The van der Waals surface area contributed by atoms with Crippen molar-refractivity contribution in [3.63, 3.8) is 0 Å². The summed E-state index contributed by atoms with van der Waals surface area (Å²) in [6.45, 7) is 15.2. The fraction of sp³-hybridized carbons (Fsp3) is 0.481. The Kier molecular flexibility index (Phi) is 8.64. The average Bonchev–Trinajstić information content (AvgIpc) is 2.76. The number of nitrogens with one attached hydrogen (secondary N) is 2. The summed E-state index contributed by atoms with van der Waals surface area (Å²) >= 11 is 0. The van der Waals surface area contributed by atoms with Crippen LogP contribution in [0, 0.1) is 20.8 Å². The molecule has 1 aliphatic heterocycles. The molecule has 0 saturated carbocycles. The van der Waals surface area contributed by atoms with Gasteiger partial charge in [-0.05, 0) is 48.9 Å². The van der Waals surface area contributed by atoms with Crippen LogP contribution in [-0.4, -0.2) is 60.9 Å². The second-order valence-electron chi connectivity index (χ2n) is 9.55. The SMILES string of the molecule is Cc1cc(C)c(NC(=O)CNC(=O)CN2CCN(Cc3ccc(C(C)C)cc3)CC2)c(C)c1. The van der Waals surface area contributed by atoms with E-state index in [0.717, 1.165) is 49.5 Å². The molecule has 1 fully saturated rings. The van der Waals surface area contributed by atoms with Gasteiger partial charge in [0.1, 0.15) is 0 Å². The lowest BCUT2D eigenvalue weighted by Gasteiger charge is -2.34. The van der Waals surface area contributed by atoms with Gasteiger partial charge in [-0.1, -0.05) is 55.8 Å². The highest BCUT2D eigenvalue weighted by Crippen LogP contribution is 2.21. The maximum atomic E-state index is 12.4. The molecule has 0 spiro atoms. The molecule has 1 heterocycles. The molecule has 0 aliphatic carbocycles. The molecule has 33 heavy (non-hydrogen) atoms. The van der Waals surface area contributed by atoms with E-state index in [-0.39, 0.29) is 18.4 Å². The number of amides is 2. The lowest BCUT2D eigenvalue weighted by Crippen LogP contribution is -2.49. The molecule has 3 rings (SSSR count). The predicted molar refractivity (Wildman–Crippen MR) is 135 cm³/mol. The van der Waals surface area contributed by atoms with E-state index in [2.05, 4.69) is 58.5 Å². The molecule has 1 saturated heterocycles. The van der Waals surface area contributed by atoms with E-state index in [4.69, 9.17) is 0 Å². The van der Waals surface area contributed by atoms with Gasteiger partial charge in [0.25, 0.3) is 0 Å². The van der Waals surface area contributed by atoms with Crippen LogP contribution in [-0.2, 0) is 16.1 Å². The van der Waals surface area contributed by atoms with Gasteiger partial charge < -0.3 is 10.6 Å². The Morgan fingerprint density at radius 1 is 0.879 bits per heavy atom. The van der Waals surface area contributed by atoms with Gasteiger partial charge in [-0.3, -0.25) is 19.4 Å². The topological polar surface area (TPSA) is 64.7 Å². The molecule has 0 unspecified atom stereocenters. The van der Waals surface area contributed by atoms with Gasteiger partial charge in [-0.2, -0.15) is 0 Å². The molecule has 1 aliphatic rings. The van der Waals surface area contributed by atoms with Gasteiger partial charge in [-0.25, -0.2) is 0 Å². The van der Waals surface area contributed by atoms with Gasteiger partial charge in [0.05, 0.1) is 13.1 Å². The third kappa shape index (κ3) is 7.41. The zero-order valence-electron chi connectivity index (χ0n) is 20.7. The number of carbonyl (C=O) groups is 2. The minimum atomic E-state index is -0.202.